The lowest BCUT2D eigenvalue weighted by Gasteiger charge is -2.63. The first-order valence-corrected chi connectivity index (χ1v) is 23.4. The Labute approximate surface area is 377 Å². The second-order valence-electron chi connectivity index (χ2n) is 18.6. The van der Waals surface area contributed by atoms with Crippen LogP contribution in [0.4, 0.5) is 5.69 Å². The van der Waals surface area contributed by atoms with E-state index in [0.29, 0.717) is 99.5 Å². The summed E-state index contributed by atoms with van der Waals surface area (Å²) in [6.07, 6.45) is 5.83. The van der Waals surface area contributed by atoms with Gasteiger partial charge in [-0.3, -0.25) is 33.3 Å². The number of piperidine rings is 1. The van der Waals surface area contributed by atoms with Gasteiger partial charge in [-0.25, -0.2) is 4.79 Å². The first-order valence-electron chi connectivity index (χ1n) is 22.0. The van der Waals surface area contributed by atoms with Crippen LogP contribution < -0.4 is 9.64 Å². The summed E-state index contributed by atoms with van der Waals surface area (Å²) in [6, 6.07) is 9.97. The maximum Gasteiger partial charge on any atom is 0.394 e. The predicted octanol–water partition coefficient (Wildman–Crippen LogP) is 2.86. The highest BCUT2D eigenvalue weighted by Crippen LogP contribution is 2.68. The van der Waals surface area contributed by atoms with E-state index in [1.54, 1.807) is 6.07 Å². The molecule has 5 aliphatic heterocycles. The summed E-state index contributed by atoms with van der Waals surface area (Å²) in [5.41, 5.74) is -3.15. The Balaban J connectivity index is 0.00000109. The van der Waals surface area contributed by atoms with Gasteiger partial charge in [-0.1, -0.05) is 44.2 Å². The lowest BCUT2D eigenvalue weighted by Crippen LogP contribution is -2.81. The first-order chi connectivity index (χ1) is 30.8. The maximum absolute atomic E-state index is 15.3. The molecule has 1 amide bonds. The van der Waals surface area contributed by atoms with Crippen LogP contribution in [0.25, 0.3) is 10.9 Å². The topological polar surface area (TPSA) is 246 Å². The molecule has 1 aromatic heterocycles. The number of nitrogens with one attached hydrogen (secondary N) is 1. The third kappa shape index (κ3) is 6.90. The van der Waals surface area contributed by atoms with Crippen LogP contribution in [0.5, 0.6) is 5.75 Å². The number of H-pyrrole nitrogens is 1. The number of aromatic nitrogens is 1. The molecule has 1 aliphatic carbocycles. The molecule has 2 aromatic carbocycles. The zero-order valence-electron chi connectivity index (χ0n) is 37.4. The van der Waals surface area contributed by atoms with Crippen molar-refractivity contribution in [3.8, 4) is 5.75 Å². The van der Waals surface area contributed by atoms with Crippen LogP contribution in [0.3, 0.4) is 0 Å². The SMILES string of the molecule is CC[C@]1(O)C[C@H]2CN(CCc3c([nH]c4ccccc34)[C@@](C(=O)OC)(c3cc4c(cc3OC)N(C=O)C3[C@]45CCN4CC=C[C@](CC)(C45)[C@@H](OC(C)=O)[C@]3(O)C(=O)OC)C2)C1.O=S(=O)(O)O. The number of aromatic amines is 1. The Kier molecular flexibility index (Phi) is 11.8. The van der Waals surface area contributed by atoms with Gasteiger partial charge in [0.1, 0.15) is 11.2 Å². The van der Waals surface area contributed by atoms with E-state index in [9.17, 15) is 24.6 Å². The molecule has 9 rings (SSSR count). The predicted molar refractivity (Wildman–Crippen MR) is 235 cm³/mol. The van der Waals surface area contributed by atoms with Gasteiger partial charge in [-0.05, 0) is 74.2 Å². The molecular weight excluding hydrogens is 865 g/mol. The van der Waals surface area contributed by atoms with Crippen LogP contribution in [-0.2, 0) is 61.0 Å². The van der Waals surface area contributed by atoms with Gasteiger partial charge in [-0.15, -0.1) is 0 Å². The van der Waals surface area contributed by atoms with Crippen LogP contribution in [0.1, 0.15) is 75.3 Å². The molecule has 65 heavy (non-hydrogen) atoms. The molecule has 3 aromatic rings. The van der Waals surface area contributed by atoms with Crippen molar-refractivity contribution in [2.75, 3.05) is 59.0 Å². The normalized spacial score (nSPS) is 34.6. The first kappa shape index (κ1) is 46.6. The molecule has 0 radical (unpaired) electrons. The number of benzene rings is 2. The van der Waals surface area contributed by atoms with Crippen LogP contribution in [0.2, 0.25) is 0 Å². The minimum Gasteiger partial charge on any atom is -0.496 e. The van der Waals surface area contributed by atoms with Crippen molar-refractivity contribution in [1.29, 1.82) is 0 Å². The van der Waals surface area contributed by atoms with E-state index in [1.165, 1.54) is 33.2 Å². The highest BCUT2D eigenvalue weighted by Gasteiger charge is 2.81. The van der Waals surface area contributed by atoms with Crippen LogP contribution >= 0.6 is 0 Å². The standard InChI is InChI=1S/C46H56N4O10.H2O4S/c1-7-42(55)22-28-23-45(40(53)58-5,36-30(14-18-48(24-28)25-42)29-12-9-10-13-33(29)47-36)32-20-31-34(21-35(32)57-4)50(26-51)38-44(31)16-19-49-17-11-15-43(8-2,37(44)49)39(60-27(3)52)46(38,56)41(54)59-6;1-5(2,3)4/h9-13,15,20-21,26,28,37-39,47,55-56H,7-8,14,16-19,22-25H2,1-6H3;(H2,1,2,3,4)/t28-,37?,38?,39-,42+,43-,44-,45+,46+;/m1./s1. The number of anilines is 1. The minimum atomic E-state index is -4.67. The van der Waals surface area contributed by atoms with Crippen LogP contribution in [0, 0.1) is 11.3 Å². The van der Waals surface area contributed by atoms with Gasteiger partial charge >= 0.3 is 28.3 Å². The quantitative estimate of drug-likeness (QED) is 0.0717. The van der Waals surface area contributed by atoms with Gasteiger partial charge in [0, 0.05) is 78.2 Å². The number of esters is 3. The molecule has 19 heteroatoms. The zero-order valence-corrected chi connectivity index (χ0v) is 38.2. The fourth-order valence-corrected chi connectivity index (χ4v) is 13.4. The number of carbonyl (C=O) groups excluding carboxylic acids is 4. The Morgan fingerprint density at radius 2 is 1.66 bits per heavy atom. The van der Waals surface area contributed by atoms with Crippen molar-refractivity contribution < 1.29 is 65.9 Å². The zero-order chi connectivity index (χ0) is 47.1. The summed E-state index contributed by atoms with van der Waals surface area (Å²) in [5.74, 6) is -2.06. The summed E-state index contributed by atoms with van der Waals surface area (Å²) in [7, 11) is -0.577. The van der Waals surface area contributed by atoms with Gasteiger partial charge in [-0.2, -0.15) is 8.42 Å². The van der Waals surface area contributed by atoms with Crippen LogP contribution in [0.15, 0.2) is 48.6 Å². The highest BCUT2D eigenvalue weighted by molar-refractivity contribution is 7.79. The van der Waals surface area contributed by atoms with E-state index >= 15 is 4.79 Å². The third-order valence-corrected chi connectivity index (χ3v) is 15.5. The number of nitrogens with zero attached hydrogens (tertiary/aromatic N) is 3. The molecule has 1 spiro atoms. The Morgan fingerprint density at radius 1 is 0.954 bits per heavy atom. The van der Waals surface area contributed by atoms with Crippen molar-refractivity contribution >= 4 is 51.3 Å². The largest absolute Gasteiger partial charge is 0.496 e. The van der Waals surface area contributed by atoms with E-state index in [0.717, 1.165) is 16.5 Å². The highest BCUT2D eigenvalue weighted by atomic mass is 32.3. The molecule has 10 atom stereocenters. The van der Waals surface area contributed by atoms with Crippen molar-refractivity contribution in [2.45, 2.75) is 99.5 Å². The number of hydrogen-bond donors (Lipinski definition) is 5. The molecule has 2 saturated heterocycles. The van der Waals surface area contributed by atoms with Gasteiger partial charge in [0.05, 0.1) is 38.7 Å². The molecule has 352 valence electrons. The van der Waals surface area contributed by atoms with Crippen molar-refractivity contribution in [3.63, 3.8) is 0 Å². The van der Waals surface area contributed by atoms with E-state index < -0.39 is 73.9 Å². The summed E-state index contributed by atoms with van der Waals surface area (Å²) in [5, 5.41) is 26.3. The number of carbonyl (C=O) groups is 4. The van der Waals surface area contributed by atoms with Crippen molar-refractivity contribution in [1.82, 2.24) is 14.8 Å². The van der Waals surface area contributed by atoms with Crippen LogP contribution in [-0.4, -0.2) is 150 Å². The molecule has 6 aliphatic rings. The number of rotatable bonds is 8. The average Bonchev–Trinajstić information content (AvgIpc) is 3.95. The Bertz CT molecular complexity index is 2560. The fourth-order valence-electron chi connectivity index (χ4n) is 13.4. The molecule has 3 unspecified atom stereocenters. The van der Waals surface area contributed by atoms with Gasteiger partial charge in [0.25, 0.3) is 0 Å². The maximum atomic E-state index is 15.3. The lowest BCUT2D eigenvalue weighted by molar-refractivity contribution is -0.228. The summed E-state index contributed by atoms with van der Waals surface area (Å²) >= 11 is 0. The molecule has 5 N–H and O–H groups in total. The molecular formula is C46H58N4O14S. The number of hydrogen-bond acceptors (Lipinski definition) is 14. The monoisotopic (exact) mass is 922 g/mol. The van der Waals surface area contributed by atoms with E-state index in [2.05, 4.69) is 20.9 Å². The smallest absolute Gasteiger partial charge is 0.394 e. The second kappa shape index (κ2) is 16.5. The van der Waals surface area contributed by atoms with Gasteiger partial charge in [0.2, 0.25) is 12.0 Å². The van der Waals surface area contributed by atoms with Gasteiger partial charge in [0.15, 0.2) is 6.10 Å². The van der Waals surface area contributed by atoms with Gasteiger partial charge < -0.3 is 39.0 Å². The van der Waals surface area contributed by atoms with E-state index in [1.807, 2.05) is 50.3 Å². The fraction of sp³-hybridized carbons (Fsp3) is 0.565. The number of amides is 1. The Hall–Kier alpha value is -4.89. The third-order valence-electron chi connectivity index (χ3n) is 15.5. The molecule has 6 heterocycles. The molecule has 2 bridgehead atoms. The Morgan fingerprint density at radius 3 is 2.29 bits per heavy atom. The summed E-state index contributed by atoms with van der Waals surface area (Å²) < 4.78 is 55.3. The molecule has 18 nitrogen and oxygen atoms in total. The number of methoxy groups -OCH3 is 3. The summed E-state index contributed by atoms with van der Waals surface area (Å²) in [6.45, 7) is 8.16. The average molecular weight is 923 g/mol. The number of ether oxygens (including phenoxy) is 4. The second-order valence-corrected chi connectivity index (χ2v) is 19.4. The molecule has 1 saturated carbocycles. The number of fused-ring (bicyclic) bond motifs is 6. The molecule has 3 fully saturated rings. The van der Waals surface area contributed by atoms with Crippen molar-refractivity contribution in [3.05, 3.63) is 70.9 Å². The number of para-hydroxylation sites is 1. The summed E-state index contributed by atoms with van der Waals surface area (Å²) in [4.78, 5) is 66.1. The minimum absolute atomic E-state index is 0.155. The van der Waals surface area contributed by atoms with E-state index in [4.69, 9.17) is 36.5 Å². The van der Waals surface area contributed by atoms with E-state index in [-0.39, 0.29) is 12.3 Å². The van der Waals surface area contributed by atoms with Crippen molar-refractivity contribution in [2.24, 2.45) is 11.3 Å². The number of aliphatic hydroxyl groups is 2. The lowest BCUT2D eigenvalue weighted by atomic mass is 9.47.